The van der Waals surface area contributed by atoms with Crippen molar-refractivity contribution in [3.63, 3.8) is 0 Å². The van der Waals surface area contributed by atoms with Crippen LogP contribution >= 0.6 is 0 Å². The van der Waals surface area contributed by atoms with Crippen LogP contribution in [0.5, 0.6) is 40.2 Å². The molecule has 1 aromatic heterocycles. The lowest BCUT2D eigenvalue weighted by molar-refractivity contribution is -0.278. The fraction of sp³-hybridized carbons (Fsp3) is 0.350. The second-order valence-electron chi connectivity index (χ2n) is 13.9. The summed E-state index contributed by atoms with van der Waals surface area (Å²) >= 11 is 0. The normalized spacial score (nSPS) is 26.2. The quantitative estimate of drug-likeness (QED) is 0.0258. The molecule has 11 N–H and O–H groups in total. The maximum atomic E-state index is 12.6. The Morgan fingerprint density at radius 2 is 1.29 bits per heavy atom. The Labute approximate surface area is 348 Å². The number of phenolic OH excluding ortho intramolecular Hbond substituents is 4. The summed E-state index contributed by atoms with van der Waals surface area (Å²) in [6, 6.07) is 11.1. The Morgan fingerprint density at radius 3 is 1.90 bits per heavy atom. The van der Waals surface area contributed by atoms with Crippen molar-refractivity contribution < 1.29 is 108 Å². The summed E-state index contributed by atoms with van der Waals surface area (Å²) in [5.74, 6) is -6.15. The van der Waals surface area contributed by atoms with Gasteiger partial charge in [-0.1, -0.05) is 6.07 Å². The highest BCUT2D eigenvalue weighted by molar-refractivity contribution is 5.90. The van der Waals surface area contributed by atoms with E-state index in [9.17, 15) is 65.4 Å². The van der Waals surface area contributed by atoms with Crippen molar-refractivity contribution in [2.75, 3.05) is 20.3 Å². The van der Waals surface area contributed by atoms with Crippen molar-refractivity contribution in [2.24, 2.45) is 0 Å². The number of aromatic hydroxyl groups is 4. The van der Waals surface area contributed by atoms with Crippen LogP contribution in [0.4, 0.5) is 0 Å². The Morgan fingerprint density at radius 1 is 0.677 bits per heavy atom. The van der Waals surface area contributed by atoms with E-state index >= 15 is 0 Å². The van der Waals surface area contributed by atoms with Gasteiger partial charge in [0.05, 0.1) is 18.7 Å². The van der Waals surface area contributed by atoms with Gasteiger partial charge in [-0.05, 0) is 35.9 Å². The average molecular weight is 874 g/mol. The first kappa shape index (κ1) is 45.0. The van der Waals surface area contributed by atoms with Gasteiger partial charge in [0.1, 0.15) is 85.4 Å². The predicted octanol–water partition coefficient (Wildman–Crippen LogP) is -0.141. The molecule has 4 aromatic rings. The number of benzene rings is 3. The molecule has 0 aliphatic carbocycles. The van der Waals surface area contributed by atoms with Gasteiger partial charge in [-0.3, -0.25) is 9.59 Å². The van der Waals surface area contributed by atoms with Crippen molar-refractivity contribution in [3.05, 3.63) is 66.2 Å². The summed E-state index contributed by atoms with van der Waals surface area (Å²) in [6.07, 6.45) is -17.0. The van der Waals surface area contributed by atoms with E-state index in [1.54, 1.807) is 0 Å². The summed E-state index contributed by atoms with van der Waals surface area (Å²) in [5.41, 5.74) is 0.310. The number of aliphatic carboxylic acids is 1. The number of hydrogen-bond donors (Lipinski definition) is 11. The largest absolute Gasteiger partial charge is 0.507 e. The van der Waals surface area contributed by atoms with E-state index in [0.717, 1.165) is 30.3 Å². The minimum Gasteiger partial charge on any atom is -0.507 e. The predicted molar refractivity (Wildman–Crippen MR) is 204 cm³/mol. The maximum Gasteiger partial charge on any atom is 0.402 e. The zero-order valence-electron chi connectivity index (χ0n) is 32.2. The van der Waals surface area contributed by atoms with Crippen molar-refractivity contribution in [3.8, 4) is 51.6 Å². The SMILES string of the molecule is COc1cc(/C=C/C(=O)OC[C@H]2O[C@@H](Oc3cc4c(O[C@@H]5O[C@H](COC(=O)CC(=O)O)[C@@H](O)[C@H](O)[C@H]5O)cc(O)cc4[o+]c3-c3ccc(O)c(O)c3)[C@H](O)[C@@H](O)[C@@H]2O)ccc1O. The lowest BCUT2D eigenvalue weighted by Gasteiger charge is -2.40. The van der Waals surface area contributed by atoms with Gasteiger partial charge in [-0.25, -0.2) is 9.21 Å². The highest BCUT2D eigenvalue weighted by atomic mass is 16.7. The molecule has 2 aliphatic rings. The zero-order chi connectivity index (χ0) is 45.0. The van der Waals surface area contributed by atoms with E-state index in [4.69, 9.17) is 42.7 Å². The molecule has 6 rings (SSSR count). The second kappa shape index (κ2) is 19.0. The Kier molecular flexibility index (Phi) is 13.8. The third-order valence-electron chi connectivity index (χ3n) is 9.57. The highest BCUT2D eigenvalue weighted by Crippen LogP contribution is 2.43. The molecule has 0 spiro atoms. The van der Waals surface area contributed by atoms with Gasteiger partial charge in [0, 0.05) is 24.3 Å². The van der Waals surface area contributed by atoms with Gasteiger partial charge < -0.3 is 89.3 Å². The third-order valence-corrected chi connectivity index (χ3v) is 9.57. The molecule has 3 heterocycles. The Balaban J connectivity index is 1.29. The number of hydrogen-bond acceptors (Lipinski definition) is 20. The van der Waals surface area contributed by atoms with Crippen LogP contribution < -0.4 is 14.2 Å². The number of rotatable bonds is 14. The van der Waals surface area contributed by atoms with Crippen LogP contribution in [0, 0.1) is 0 Å². The van der Waals surface area contributed by atoms with Crippen molar-refractivity contribution in [1.29, 1.82) is 0 Å². The minimum absolute atomic E-state index is 0.0286. The molecule has 332 valence electrons. The van der Waals surface area contributed by atoms with E-state index in [-0.39, 0.29) is 45.3 Å². The van der Waals surface area contributed by atoms with Crippen LogP contribution in [0.3, 0.4) is 0 Å². The number of phenols is 4. The van der Waals surface area contributed by atoms with E-state index < -0.39 is 116 Å². The number of aliphatic hydroxyl groups is 6. The molecule has 2 saturated heterocycles. The number of methoxy groups -OCH3 is 1. The molecule has 0 radical (unpaired) electrons. The van der Waals surface area contributed by atoms with Gasteiger partial charge in [0.15, 0.2) is 23.0 Å². The molecule has 22 heteroatoms. The number of fused-ring (bicyclic) bond motifs is 1. The number of ether oxygens (including phenoxy) is 7. The topological polar surface area (TPSA) is 350 Å². The van der Waals surface area contributed by atoms with Crippen LogP contribution in [0.15, 0.2) is 65.1 Å². The molecule has 0 bridgehead atoms. The summed E-state index contributed by atoms with van der Waals surface area (Å²) in [7, 11) is 1.34. The van der Waals surface area contributed by atoms with Crippen molar-refractivity contribution in [2.45, 2.75) is 67.8 Å². The monoisotopic (exact) mass is 873 g/mol. The maximum absolute atomic E-state index is 12.6. The molecular formula is C40H41O22+. The molecule has 3 aromatic carbocycles. The zero-order valence-corrected chi connectivity index (χ0v) is 32.2. The fourth-order valence-electron chi connectivity index (χ4n) is 6.30. The van der Waals surface area contributed by atoms with Gasteiger partial charge in [-0.15, -0.1) is 0 Å². The number of carbonyl (C=O) groups excluding carboxylic acids is 2. The molecule has 10 atom stereocenters. The number of carboxylic acid groups (broad SMARTS) is 1. The third kappa shape index (κ3) is 10.2. The van der Waals surface area contributed by atoms with Crippen LogP contribution in [-0.4, -0.2) is 156 Å². The van der Waals surface area contributed by atoms with Crippen LogP contribution in [-0.2, 0) is 33.3 Å². The summed E-state index contributed by atoms with van der Waals surface area (Å²) < 4.78 is 44.4. The first-order chi connectivity index (χ1) is 29.4. The number of carboxylic acids is 1. The number of carbonyl (C=O) groups is 3. The number of aliphatic hydroxyl groups excluding tert-OH is 6. The fourth-order valence-corrected chi connectivity index (χ4v) is 6.30. The summed E-state index contributed by atoms with van der Waals surface area (Å²) in [4.78, 5) is 35.3. The molecular weight excluding hydrogens is 832 g/mol. The van der Waals surface area contributed by atoms with E-state index in [1.165, 1.54) is 43.5 Å². The Hall–Kier alpha value is -6.50. The van der Waals surface area contributed by atoms with Crippen LogP contribution in [0.25, 0.3) is 28.4 Å². The summed E-state index contributed by atoms with van der Waals surface area (Å²) in [6.45, 7) is -1.45. The first-order valence-corrected chi connectivity index (χ1v) is 18.4. The van der Waals surface area contributed by atoms with Gasteiger partial charge >= 0.3 is 29.3 Å². The molecule has 22 nitrogen and oxygen atoms in total. The van der Waals surface area contributed by atoms with E-state index in [1.807, 2.05) is 0 Å². The summed E-state index contributed by atoms with van der Waals surface area (Å²) in [5, 5.41) is 114. The molecule has 0 amide bonds. The standard InChI is InChI=1S/C40H40O22/c1-55-25-8-16(2-5-21(25)43)3-7-30(47)56-14-27-32(49)35(52)37(54)40(62-27)60-26-12-19-23(58-38(26)17-4-6-20(42)22(44)9-17)10-18(41)11-24(19)59-39-36(53)34(51)33(50)28(61-39)15-57-31(48)13-29(45)46/h2-12,27-28,32-37,39-40,49-54H,13-15H2,1H3,(H4-,41,42,43,44,45,46,47)/p+1/t27-,28-,32-,33-,34+,35+,36-,37-,39-,40-/m1/s1. The van der Waals surface area contributed by atoms with E-state index in [2.05, 4.69) is 0 Å². The van der Waals surface area contributed by atoms with Crippen LogP contribution in [0.2, 0.25) is 0 Å². The Bertz CT molecular complexity index is 2310. The van der Waals surface area contributed by atoms with Crippen LogP contribution in [0.1, 0.15) is 12.0 Å². The smallest absolute Gasteiger partial charge is 0.402 e. The minimum atomic E-state index is -1.98. The highest BCUT2D eigenvalue weighted by Gasteiger charge is 2.48. The first-order valence-electron chi connectivity index (χ1n) is 18.4. The van der Waals surface area contributed by atoms with Gasteiger partial charge in [0.2, 0.25) is 18.3 Å². The molecule has 2 fully saturated rings. The van der Waals surface area contributed by atoms with Gasteiger partial charge in [0.25, 0.3) is 0 Å². The average Bonchev–Trinajstić information content (AvgIpc) is 3.23. The van der Waals surface area contributed by atoms with Gasteiger partial charge in [-0.2, -0.15) is 0 Å². The second-order valence-corrected chi connectivity index (χ2v) is 13.9. The van der Waals surface area contributed by atoms with Crippen molar-refractivity contribution in [1.82, 2.24) is 0 Å². The molecule has 0 unspecified atom stereocenters. The number of esters is 2. The molecule has 0 saturated carbocycles. The van der Waals surface area contributed by atoms with Crippen molar-refractivity contribution >= 4 is 35.0 Å². The lowest BCUT2D eigenvalue weighted by atomic mass is 9.99. The van der Waals surface area contributed by atoms with E-state index in [0.29, 0.717) is 5.56 Å². The molecule has 62 heavy (non-hydrogen) atoms. The molecule has 2 aliphatic heterocycles. The lowest BCUT2D eigenvalue weighted by Crippen LogP contribution is -2.60.